The van der Waals surface area contributed by atoms with E-state index >= 15 is 0 Å². The Kier molecular flexibility index (Phi) is 22.7. The minimum Gasteiger partial charge on any atom is -0.459 e. The number of benzene rings is 1. The summed E-state index contributed by atoms with van der Waals surface area (Å²) in [6.07, 6.45) is 8.44. The van der Waals surface area contributed by atoms with E-state index in [0.717, 1.165) is 12.0 Å². The monoisotopic (exact) mass is 981 g/mol. The first-order valence-corrected chi connectivity index (χ1v) is 24.4. The molecule has 3 fully saturated rings. The van der Waals surface area contributed by atoms with Crippen LogP contribution >= 0.6 is 0 Å². The third-order valence-corrected chi connectivity index (χ3v) is 12.8. The van der Waals surface area contributed by atoms with Gasteiger partial charge in [-0.15, -0.1) is 0 Å². The highest BCUT2D eigenvalue weighted by Crippen LogP contribution is 2.43. The maximum absolute atomic E-state index is 13.2. The first kappa shape index (κ1) is 57.1. The van der Waals surface area contributed by atoms with Gasteiger partial charge in [-0.05, 0) is 88.5 Å². The minimum atomic E-state index is -0.891. The lowest BCUT2D eigenvalue weighted by Crippen LogP contribution is -2.50. The van der Waals surface area contributed by atoms with Gasteiger partial charge < -0.3 is 61.5 Å². The number of esters is 1. The number of hydrogen-bond donors (Lipinski definition) is 7. The highest BCUT2D eigenvalue weighted by molar-refractivity contribution is 5.96. The fraction of sp³-hybridized carbons (Fsp3) is 0.627. The van der Waals surface area contributed by atoms with Gasteiger partial charge in [-0.25, -0.2) is 9.59 Å². The predicted octanol–water partition coefficient (Wildman–Crippen LogP) is 4.58. The van der Waals surface area contributed by atoms with E-state index in [1.165, 1.54) is 19.1 Å². The highest BCUT2D eigenvalue weighted by atomic mass is 16.6. The standard InChI is InChI=1S/C51H76N6O13/c1-30(2)46(52)42(60)25-37(10-8-22-54-49(53)64)48(63)56-38-17-15-36(16-18-38)28-66-50(65)55-23-9-11-39(59)26-40-27-51(29-67-51)47(62)44(70-40)20-13-31(3)12-19-43-32(4)24-41(34(6)69-43)57-45(61)21-14-33(5)68-35(7)58/h12-18,20-21,30,32-34,37,40-41,43-44,46-47,62H,8-11,19,22-29,52H2,1-7H3,(H,55,65)(H,56,63)(H,57,61)(H3,53,54,64)/b20-13+,21-14-,31-12+/t32-,33-,34+,37+,40?,41+,43-,44+,46-,47+,51+/m0/s1. The van der Waals surface area contributed by atoms with Gasteiger partial charge in [0.15, 0.2) is 5.78 Å². The van der Waals surface area contributed by atoms with Crippen LogP contribution in [0.5, 0.6) is 0 Å². The lowest BCUT2D eigenvalue weighted by Gasteiger charge is -2.39. The highest BCUT2D eigenvalue weighted by Gasteiger charge is 2.58. The lowest BCUT2D eigenvalue weighted by molar-refractivity contribution is -0.144. The van der Waals surface area contributed by atoms with Gasteiger partial charge in [0, 0.05) is 63.4 Å². The summed E-state index contributed by atoms with van der Waals surface area (Å²) in [5, 5.41) is 22.1. The van der Waals surface area contributed by atoms with Crippen molar-refractivity contribution in [2.24, 2.45) is 29.2 Å². The molecule has 0 radical (unpaired) electrons. The molecule has 70 heavy (non-hydrogen) atoms. The number of carbonyl (C=O) groups is 7. The normalized spacial score (nSPS) is 25.7. The zero-order chi connectivity index (χ0) is 51.5. The Morgan fingerprint density at radius 2 is 1.67 bits per heavy atom. The third kappa shape index (κ3) is 19.4. The van der Waals surface area contributed by atoms with E-state index in [2.05, 4.69) is 34.3 Å². The molecule has 4 rings (SSSR count). The molecule has 11 atom stereocenters. The van der Waals surface area contributed by atoms with Gasteiger partial charge in [-0.3, -0.25) is 24.0 Å². The molecule has 3 saturated heterocycles. The quantitative estimate of drug-likeness (QED) is 0.0220. The first-order chi connectivity index (χ1) is 33.1. The van der Waals surface area contributed by atoms with Gasteiger partial charge in [0.1, 0.15) is 36.3 Å². The number of epoxide rings is 1. The Hall–Kier alpha value is -5.47. The average molecular weight is 981 g/mol. The Morgan fingerprint density at radius 1 is 0.971 bits per heavy atom. The molecule has 3 aliphatic heterocycles. The number of hydrogen-bond acceptors (Lipinski definition) is 14. The molecular weight excluding hydrogens is 905 g/mol. The maximum atomic E-state index is 13.2. The summed E-state index contributed by atoms with van der Waals surface area (Å²) in [5.74, 6) is -1.91. The van der Waals surface area contributed by atoms with E-state index < -0.39 is 60.1 Å². The molecule has 5 amide bonds. The van der Waals surface area contributed by atoms with Gasteiger partial charge in [0.05, 0.1) is 37.0 Å². The van der Waals surface area contributed by atoms with Crippen molar-refractivity contribution in [3.05, 3.63) is 65.8 Å². The molecule has 1 aromatic carbocycles. The molecule has 0 aromatic heterocycles. The number of carbonyl (C=O) groups excluding carboxylic acids is 7. The second kappa shape index (κ2) is 27.8. The van der Waals surface area contributed by atoms with Crippen LogP contribution in [0, 0.1) is 17.8 Å². The molecule has 1 unspecified atom stereocenters. The number of anilines is 1. The lowest BCUT2D eigenvalue weighted by atomic mass is 9.86. The smallest absolute Gasteiger partial charge is 0.407 e. The number of urea groups is 1. The second-order valence-electron chi connectivity index (χ2n) is 19.3. The summed E-state index contributed by atoms with van der Waals surface area (Å²) in [6.45, 7) is 13.5. The first-order valence-electron chi connectivity index (χ1n) is 24.4. The zero-order valence-corrected chi connectivity index (χ0v) is 41.7. The van der Waals surface area contributed by atoms with Crippen molar-refractivity contribution in [2.75, 3.05) is 25.0 Å². The Balaban J connectivity index is 1.15. The summed E-state index contributed by atoms with van der Waals surface area (Å²) < 4.78 is 28.6. The van der Waals surface area contributed by atoms with Crippen LogP contribution in [0.3, 0.4) is 0 Å². The maximum Gasteiger partial charge on any atom is 0.407 e. The molecule has 0 saturated carbocycles. The van der Waals surface area contributed by atoms with Gasteiger partial charge in [-0.2, -0.15) is 0 Å². The van der Waals surface area contributed by atoms with E-state index in [9.17, 15) is 38.7 Å². The molecule has 0 bridgehead atoms. The van der Waals surface area contributed by atoms with E-state index in [0.29, 0.717) is 50.0 Å². The van der Waals surface area contributed by atoms with Crippen LogP contribution in [0.15, 0.2) is 60.2 Å². The Morgan fingerprint density at radius 3 is 2.33 bits per heavy atom. The molecule has 19 heteroatoms. The number of allylic oxidation sites excluding steroid dienone is 2. The second-order valence-corrected chi connectivity index (χ2v) is 19.3. The fourth-order valence-electron chi connectivity index (χ4n) is 8.48. The van der Waals surface area contributed by atoms with Crippen molar-refractivity contribution in [3.63, 3.8) is 0 Å². The van der Waals surface area contributed by atoms with Crippen LogP contribution in [0.1, 0.15) is 112 Å². The summed E-state index contributed by atoms with van der Waals surface area (Å²) in [7, 11) is 0. The molecule has 3 aliphatic rings. The van der Waals surface area contributed by atoms with Gasteiger partial charge in [0.2, 0.25) is 11.8 Å². The van der Waals surface area contributed by atoms with Crippen LogP contribution in [-0.2, 0) is 54.3 Å². The third-order valence-electron chi connectivity index (χ3n) is 12.8. The molecule has 1 aromatic rings. The summed E-state index contributed by atoms with van der Waals surface area (Å²) in [4.78, 5) is 86.1. The number of Topliss-reactive ketones (excluding diaryl/α,β-unsaturated/α-hetero) is 2. The van der Waals surface area contributed by atoms with Crippen LogP contribution in [0.25, 0.3) is 0 Å². The van der Waals surface area contributed by atoms with Crippen molar-refractivity contribution in [3.8, 4) is 0 Å². The number of alkyl carbamates (subject to hydrolysis) is 1. The average Bonchev–Trinajstić information content (AvgIpc) is 4.08. The molecule has 0 aliphatic carbocycles. The number of amides is 5. The van der Waals surface area contributed by atoms with Crippen molar-refractivity contribution >= 4 is 47.2 Å². The predicted molar refractivity (Wildman–Crippen MR) is 261 cm³/mol. The largest absolute Gasteiger partial charge is 0.459 e. The van der Waals surface area contributed by atoms with Gasteiger partial charge >= 0.3 is 18.1 Å². The number of aliphatic hydroxyl groups is 1. The van der Waals surface area contributed by atoms with E-state index in [1.807, 2.05) is 33.8 Å². The Labute approximate surface area is 411 Å². The number of rotatable bonds is 26. The van der Waals surface area contributed by atoms with Gasteiger partial charge in [0.25, 0.3) is 0 Å². The van der Waals surface area contributed by atoms with Crippen LogP contribution in [-0.4, -0.2) is 121 Å². The number of ketones is 2. The van der Waals surface area contributed by atoms with Crippen LogP contribution < -0.4 is 32.7 Å². The van der Waals surface area contributed by atoms with Crippen molar-refractivity contribution in [2.45, 2.75) is 167 Å². The summed E-state index contributed by atoms with van der Waals surface area (Å²) in [5.41, 5.74) is 12.5. The topological polar surface area (TPSA) is 289 Å². The molecular formula is C51H76N6O13. The zero-order valence-electron chi connectivity index (χ0n) is 41.7. The number of ether oxygens (including phenoxy) is 5. The van der Waals surface area contributed by atoms with Crippen LogP contribution in [0.4, 0.5) is 15.3 Å². The number of nitrogens with two attached hydrogens (primary N) is 2. The number of aliphatic hydroxyl groups excluding tert-OH is 1. The molecule has 9 N–H and O–H groups in total. The fourth-order valence-corrected chi connectivity index (χ4v) is 8.48. The molecule has 3 heterocycles. The molecule has 19 nitrogen and oxygen atoms in total. The molecule has 1 spiro atoms. The minimum absolute atomic E-state index is 0.0346. The van der Waals surface area contributed by atoms with Crippen molar-refractivity contribution < 1.29 is 62.4 Å². The van der Waals surface area contributed by atoms with E-state index in [-0.39, 0.29) is 92.4 Å². The summed E-state index contributed by atoms with van der Waals surface area (Å²) in [6, 6.07) is 5.18. The van der Waals surface area contributed by atoms with E-state index in [1.54, 1.807) is 37.3 Å². The van der Waals surface area contributed by atoms with Gasteiger partial charge in [-0.1, -0.05) is 56.7 Å². The van der Waals surface area contributed by atoms with Crippen molar-refractivity contribution in [1.29, 1.82) is 0 Å². The summed E-state index contributed by atoms with van der Waals surface area (Å²) >= 11 is 0. The van der Waals surface area contributed by atoms with Crippen LogP contribution in [0.2, 0.25) is 0 Å². The van der Waals surface area contributed by atoms with Crippen molar-refractivity contribution in [1.82, 2.24) is 16.0 Å². The van der Waals surface area contributed by atoms with E-state index in [4.69, 9.17) is 35.2 Å². The number of primary amides is 1. The number of nitrogens with one attached hydrogen (secondary N) is 4. The SMILES string of the molecule is CC(=O)O[C@@H](C)/C=C\C(=O)N[C@@H]1C[C@H](C)[C@H](C/C=C(C)/C=C/[C@H]2OC(CC(=O)CCCNC(=O)OCc3ccc(NC(=O)[C@H](CCCNC(N)=O)CC(=O)[C@@H](N)C(C)C)cc3)C[C@@]3(CO3)[C@@H]2O)O[C@@H]1C. The Bertz CT molecular complexity index is 2040. The molecule has 388 valence electrons.